The summed E-state index contributed by atoms with van der Waals surface area (Å²) >= 11 is 6.05. The van der Waals surface area contributed by atoms with Crippen LogP contribution in [0.15, 0.2) is 30.3 Å². The summed E-state index contributed by atoms with van der Waals surface area (Å²) in [5.74, 6) is -1.81. The Bertz CT molecular complexity index is 655. The van der Waals surface area contributed by atoms with E-state index in [4.69, 9.17) is 11.6 Å². The Balaban J connectivity index is 2.31. The molecule has 21 heavy (non-hydrogen) atoms. The van der Waals surface area contributed by atoms with Crippen molar-refractivity contribution in [2.45, 2.75) is 26.3 Å². The molecule has 4 heteroatoms. The molecule has 2 aromatic rings. The minimum Gasteiger partial charge on any atom is -0.313 e. The van der Waals surface area contributed by atoms with Crippen LogP contribution in [0.25, 0.3) is 0 Å². The van der Waals surface area contributed by atoms with Gasteiger partial charge in [0.05, 0.1) is 0 Å². The molecule has 0 aliphatic heterocycles. The maximum absolute atomic E-state index is 13.5. The third-order valence-corrected chi connectivity index (χ3v) is 4.10. The van der Waals surface area contributed by atoms with E-state index in [1.807, 2.05) is 6.07 Å². The SMILES string of the molecule is CNC(Cc1ccc(C)c(C)c1)c1cc(F)c(F)cc1Cl. The van der Waals surface area contributed by atoms with Crippen molar-refractivity contribution in [3.8, 4) is 0 Å². The molecule has 1 N–H and O–H groups in total. The average Bonchev–Trinajstić information content (AvgIpc) is 2.44. The zero-order valence-corrected chi connectivity index (χ0v) is 13.1. The van der Waals surface area contributed by atoms with E-state index >= 15 is 0 Å². The van der Waals surface area contributed by atoms with Crippen molar-refractivity contribution in [2.24, 2.45) is 0 Å². The summed E-state index contributed by atoms with van der Waals surface area (Å²) in [6.45, 7) is 4.11. The standard InChI is InChI=1S/C17H18ClF2N/c1-10-4-5-12(6-11(10)2)7-17(21-3)13-8-15(19)16(20)9-14(13)18/h4-6,8-9,17,21H,7H2,1-3H3. The number of halogens is 3. The number of hydrogen-bond acceptors (Lipinski definition) is 1. The van der Waals surface area contributed by atoms with Gasteiger partial charge in [-0.05, 0) is 61.7 Å². The van der Waals surface area contributed by atoms with Gasteiger partial charge >= 0.3 is 0 Å². The number of rotatable bonds is 4. The van der Waals surface area contributed by atoms with Crippen LogP contribution in [0, 0.1) is 25.5 Å². The second-order valence-corrected chi connectivity index (χ2v) is 5.66. The molecule has 0 fully saturated rings. The first-order valence-corrected chi connectivity index (χ1v) is 7.18. The Labute approximate surface area is 128 Å². The molecule has 0 spiro atoms. The van der Waals surface area contributed by atoms with Gasteiger partial charge in [0.15, 0.2) is 11.6 Å². The van der Waals surface area contributed by atoms with Gasteiger partial charge in [-0.15, -0.1) is 0 Å². The Morgan fingerprint density at radius 3 is 2.33 bits per heavy atom. The molecule has 0 aliphatic carbocycles. The Kier molecular flexibility index (Phi) is 4.96. The van der Waals surface area contributed by atoms with E-state index in [1.165, 1.54) is 17.2 Å². The van der Waals surface area contributed by atoms with Gasteiger partial charge in [-0.3, -0.25) is 0 Å². The number of aryl methyl sites for hydroxylation is 2. The second kappa shape index (κ2) is 6.54. The lowest BCUT2D eigenvalue weighted by molar-refractivity contribution is 0.501. The normalized spacial score (nSPS) is 12.5. The molecule has 0 heterocycles. The number of hydrogen-bond donors (Lipinski definition) is 1. The first-order valence-electron chi connectivity index (χ1n) is 6.80. The van der Waals surface area contributed by atoms with Crippen LogP contribution >= 0.6 is 11.6 Å². The van der Waals surface area contributed by atoms with Gasteiger partial charge in [-0.25, -0.2) is 8.78 Å². The van der Waals surface area contributed by atoms with Crippen molar-refractivity contribution in [3.05, 3.63) is 69.2 Å². The largest absolute Gasteiger partial charge is 0.313 e. The van der Waals surface area contributed by atoms with Crippen LogP contribution in [-0.2, 0) is 6.42 Å². The van der Waals surface area contributed by atoms with Crippen molar-refractivity contribution in [1.29, 1.82) is 0 Å². The van der Waals surface area contributed by atoms with Crippen molar-refractivity contribution in [2.75, 3.05) is 7.05 Å². The first kappa shape index (κ1) is 15.9. The Morgan fingerprint density at radius 1 is 1.05 bits per heavy atom. The number of nitrogens with one attached hydrogen (secondary N) is 1. The minimum absolute atomic E-state index is 0.172. The van der Waals surface area contributed by atoms with E-state index in [9.17, 15) is 8.78 Å². The fourth-order valence-corrected chi connectivity index (χ4v) is 2.62. The van der Waals surface area contributed by atoms with Gasteiger partial charge in [0.2, 0.25) is 0 Å². The van der Waals surface area contributed by atoms with E-state index in [0.717, 1.165) is 11.6 Å². The number of benzene rings is 2. The molecule has 0 bridgehead atoms. The van der Waals surface area contributed by atoms with Gasteiger partial charge in [-0.2, -0.15) is 0 Å². The molecular formula is C17H18ClF2N. The van der Waals surface area contributed by atoms with Gasteiger partial charge in [-0.1, -0.05) is 29.8 Å². The fraction of sp³-hybridized carbons (Fsp3) is 0.294. The molecule has 0 aliphatic rings. The fourth-order valence-electron chi connectivity index (χ4n) is 2.34. The number of likely N-dealkylation sites (N-methyl/N-ethyl adjacent to an activating group) is 1. The van der Waals surface area contributed by atoms with E-state index in [1.54, 1.807) is 7.05 Å². The molecule has 2 aromatic carbocycles. The van der Waals surface area contributed by atoms with Crippen molar-refractivity contribution < 1.29 is 8.78 Å². The van der Waals surface area contributed by atoms with E-state index < -0.39 is 11.6 Å². The minimum atomic E-state index is -0.926. The van der Waals surface area contributed by atoms with Crippen LogP contribution in [-0.4, -0.2) is 7.05 Å². The molecule has 0 saturated carbocycles. The quantitative estimate of drug-likeness (QED) is 0.805. The molecule has 0 aromatic heterocycles. The van der Waals surface area contributed by atoms with Crippen molar-refractivity contribution in [1.82, 2.24) is 5.32 Å². The third-order valence-electron chi connectivity index (χ3n) is 3.77. The summed E-state index contributed by atoms with van der Waals surface area (Å²) in [6.07, 6.45) is 0.655. The molecule has 1 nitrogen and oxygen atoms in total. The van der Waals surface area contributed by atoms with Crippen molar-refractivity contribution >= 4 is 11.6 Å². The summed E-state index contributed by atoms with van der Waals surface area (Å²) in [5, 5.41) is 3.35. The molecule has 2 rings (SSSR count). The van der Waals surface area contributed by atoms with Crippen LogP contribution in [0.3, 0.4) is 0 Å². The first-order chi connectivity index (χ1) is 9.92. The molecule has 1 unspecified atom stereocenters. The van der Waals surface area contributed by atoms with Gasteiger partial charge in [0.1, 0.15) is 0 Å². The van der Waals surface area contributed by atoms with Gasteiger partial charge in [0.25, 0.3) is 0 Å². The summed E-state index contributed by atoms with van der Waals surface area (Å²) < 4.78 is 26.6. The topological polar surface area (TPSA) is 12.0 Å². The lowest BCUT2D eigenvalue weighted by Gasteiger charge is -2.19. The van der Waals surface area contributed by atoms with E-state index in [2.05, 4.69) is 31.3 Å². The lowest BCUT2D eigenvalue weighted by Crippen LogP contribution is -2.19. The zero-order valence-electron chi connectivity index (χ0n) is 12.3. The van der Waals surface area contributed by atoms with Gasteiger partial charge < -0.3 is 5.32 Å². The van der Waals surface area contributed by atoms with Crippen LogP contribution in [0.1, 0.15) is 28.3 Å². The highest BCUT2D eigenvalue weighted by Crippen LogP contribution is 2.28. The monoisotopic (exact) mass is 309 g/mol. The molecular weight excluding hydrogens is 292 g/mol. The summed E-state index contributed by atoms with van der Waals surface area (Å²) in [6, 6.07) is 8.23. The van der Waals surface area contributed by atoms with E-state index in [-0.39, 0.29) is 11.1 Å². The van der Waals surface area contributed by atoms with Gasteiger partial charge in [0, 0.05) is 11.1 Å². The molecule has 0 saturated heterocycles. The van der Waals surface area contributed by atoms with Crippen LogP contribution in [0.4, 0.5) is 8.78 Å². The maximum Gasteiger partial charge on any atom is 0.160 e. The van der Waals surface area contributed by atoms with E-state index in [0.29, 0.717) is 12.0 Å². The van der Waals surface area contributed by atoms with Crippen molar-refractivity contribution in [3.63, 3.8) is 0 Å². The predicted octanol–water partition coefficient (Wildman–Crippen LogP) is 4.74. The summed E-state index contributed by atoms with van der Waals surface area (Å²) in [5.41, 5.74) is 4.12. The molecule has 1 atom stereocenters. The Morgan fingerprint density at radius 2 is 1.71 bits per heavy atom. The highest BCUT2D eigenvalue weighted by atomic mass is 35.5. The molecule has 112 valence electrons. The summed E-state index contributed by atoms with van der Waals surface area (Å²) in [7, 11) is 1.78. The lowest BCUT2D eigenvalue weighted by atomic mass is 9.96. The van der Waals surface area contributed by atoms with Crippen LogP contribution in [0.5, 0.6) is 0 Å². The molecule has 0 amide bonds. The smallest absolute Gasteiger partial charge is 0.160 e. The maximum atomic E-state index is 13.5. The highest BCUT2D eigenvalue weighted by molar-refractivity contribution is 6.31. The predicted molar refractivity (Wildman–Crippen MR) is 82.8 cm³/mol. The highest BCUT2D eigenvalue weighted by Gasteiger charge is 2.17. The average molecular weight is 310 g/mol. The zero-order chi connectivity index (χ0) is 15.6. The molecule has 0 radical (unpaired) electrons. The Hall–Kier alpha value is -1.45. The third kappa shape index (κ3) is 3.60. The van der Waals surface area contributed by atoms with Crippen LogP contribution in [0.2, 0.25) is 5.02 Å². The summed E-state index contributed by atoms with van der Waals surface area (Å²) in [4.78, 5) is 0. The van der Waals surface area contributed by atoms with Crippen LogP contribution < -0.4 is 5.32 Å². The second-order valence-electron chi connectivity index (χ2n) is 5.25.